The van der Waals surface area contributed by atoms with Crippen LogP contribution in [0.2, 0.25) is 0 Å². The van der Waals surface area contributed by atoms with Gasteiger partial charge in [0.2, 0.25) is 0 Å². The third kappa shape index (κ3) is 7.63. The molecule has 0 spiro atoms. The van der Waals surface area contributed by atoms with Crippen LogP contribution in [-0.2, 0) is 9.53 Å². The van der Waals surface area contributed by atoms with Crippen molar-refractivity contribution in [3.8, 4) is 0 Å². The Morgan fingerprint density at radius 3 is 2.48 bits per heavy atom. The van der Waals surface area contributed by atoms with Crippen LogP contribution in [-0.4, -0.2) is 81.8 Å². The van der Waals surface area contributed by atoms with Crippen LogP contribution in [0.3, 0.4) is 0 Å². The molecule has 2 heterocycles. The predicted octanol–water partition coefficient (Wildman–Crippen LogP) is 0.898. The Balaban J connectivity index is 2.01. The van der Waals surface area contributed by atoms with Gasteiger partial charge < -0.3 is 14.5 Å². The Morgan fingerprint density at radius 1 is 1.00 bits per heavy atom. The first kappa shape index (κ1) is 20.7. The zero-order chi connectivity index (χ0) is 18.1. The third-order valence-corrected chi connectivity index (χ3v) is 6.15. The maximum atomic E-state index is 12.0. The van der Waals surface area contributed by atoms with Crippen molar-refractivity contribution >= 4 is 5.97 Å². The first-order chi connectivity index (χ1) is 12.1. The molecular formula is C20H40N3O2+. The lowest BCUT2D eigenvalue weighted by atomic mass is 9.85. The van der Waals surface area contributed by atoms with Crippen LogP contribution in [0.5, 0.6) is 0 Å². The molecule has 0 aromatic carbocycles. The summed E-state index contributed by atoms with van der Waals surface area (Å²) in [6.45, 7) is 14.4. The summed E-state index contributed by atoms with van der Waals surface area (Å²) in [7, 11) is 2.33. The fourth-order valence-corrected chi connectivity index (χ4v) is 4.27. The van der Waals surface area contributed by atoms with E-state index in [9.17, 15) is 4.79 Å². The number of fused-ring (bicyclic) bond motifs is 3. The number of esters is 1. The molecule has 0 amide bonds. The van der Waals surface area contributed by atoms with E-state index in [4.69, 9.17) is 4.74 Å². The van der Waals surface area contributed by atoms with Gasteiger partial charge >= 0.3 is 5.97 Å². The summed E-state index contributed by atoms with van der Waals surface area (Å²) in [5, 5.41) is 0. The highest BCUT2D eigenvalue weighted by molar-refractivity contribution is 5.69. The molecule has 5 atom stereocenters. The molecule has 2 bridgehead atoms. The van der Waals surface area contributed by atoms with Gasteiger partial charge in [0.05, 0.1) is 26.7 Å². The summed E-state index contributed by atoms with van der Waals surface area (Å²) in [6, 6.07) is 0. The smallest absolute Gasteiger partial charge is 0.306 e. The summed E-state index contributed by atoms with van der Waals surface area (Å²) < 4.78 is 5.23. The van der Waals surface area contributed by atoms with Crippen molar-refractivity contribution in [2.75, 3.05) is 66.0 Å². The lowest BCUT2D eigenvalue weighted by molar-refractivity contribution is -0.879. The molecule has 5 heteroatoms. The molecule has 25 heavy (non-hydrogen) atoms. The van der Waals surface area contributed by atoms with Gasteiger partial charge in [-0.05, 0) is 51.1 Å². The molecule has 0 aliphatic carbocycles. The standard InChI is InChI=1S/C20H39N3O2/c1-4-25-20(24)17-19-8-12-22-11-6-9-21(3)13-14-23(16-15-22)10-5-7-18(19)2/h18-19H,4-17H2,1-3H3/p+1. The van der Waals surface area contributed by atoms with E-state index in [1.807, 2.05) is 6.92 Å². The predicted molar refractivity (Wildman–Crippen MR) is 102 cm³/mol. The SMILES string of the molecule is CCOC(=O)CC1CCN2CCC[NH+](C)CCN(CCCC1C)CC2. The molecule has 2 fully saturated rings. The van der Waals surface area contributed by atoms with E-state index in [2.05, 4.69) is 23.8 Å². The number of ether oxygens (including phenoxy) is 1. The zero-order valence-electron chi connectivity index (χ0n) is 16.8. The van der Waals surface area contributed by atoms with Gasteiger partial charge in [0.1, 0.15) is 0 Å². The van der Waals surface area contributed by atoms with Crippen molar-refractivity contribution in [1.82, 2.24) is 9.80 Å². The van der Waals surface area contributed by atoms with Crippen LogP contribution in [0.15, 0.2) is 0 Å². The molecule has 0 saturated carbocycles. The molecule has 5 unspecified atom stereocenters. The number of nitrogens with one attached hydrogen (secondary N) is 1. The van der Waals surface area contributed by atoms with Gasteiger partial charge in [0.15, 0.2) is 0 Å². The fraction of sp³-hybridized carbons (Fsp3) is 0.950. The monoisotopic (exact) mass is 354 g/mol. The molecule has 146 valence electrons. The quantitative estimate of drug-likeness (QED) is 0.764. The average molecular weight is 355 g/mol. The van der Waals surface area contributed by atoms with Crippen LogP contribution >= 0.6 is 0 Å². The molecule has 1 N–H and O–H groups in total. The van der Waals surface area contributed by atoms with E-state index in [-0.39, 0.29) is 5.97 Å². The van der Waals surface area contributed by atoms with Gasteiger partial charge in [-0.25, -0.2) is 0 Å². The maximum Gasteiger partial charge on any atom is 0.306 e. The Hall–Kier alpha value is -0.650. The second-order valence-electron chi connectivity index (χ2n) is 8.17. The Labute approximate surface area is 154 Å². The minimum Gasteiger partial charge on any atom is -0.466 e. The first-order valence-electron chi connectivity index (χ1n) is 10.5. The van der Waals surface area contributed by atoms with E-state index < -0.39 is 0 Å². The number of carbonyl (C=O) groups is 1. The van der Waals surface area contributed by atoms with Crippen LogP contribution in [0, 0.1) is 11.8 Å². The van der Waals surface area contributed by atoms with Gasteiger partial charge in [-0.3, -0.25) is 9.69 Å². The Kier molecular flexibility index (Phi) is 9.21. The fourth-order valence-electron chi connectivity index (χ4n) is 4.27. The van der Waals surface area contributed by atoms with E-state index in [0.29, 0.717) is 24.9 Å². The Morgan fingerprint density at radius 2 is 1.72 bits per heavy atom. The van der Waals surface area contributed by atoms with Crippen LogP contribution in [0.25, 0.3) is 0 Å². The van der Waals surface area contributed by atoms with Gasteiger partial charge in [0, 0.05) is 39.0 Å². The number of carbonyl (C=O) groups excluding carboxylic acids is 1. The maximum absolute atomic E-state index is 12.0. The Bertz CT molecular complexity index is 391. The van der Waals surface area contributed by atoms with Crippen molar-refractivity contribution in [3.05, 3.63) is 0 Å². The second-order valence-corrected chi connectivity index (χ2v) is 8.17. The molecule has 2 saturated heterocycles. The number of rotatable bonds is 3. The molecular weight excluding hydrogens is 314 g/mol. The first-order valence-corrected chi connectivity index (χ1v) is 10.5. The van der Waals surface area contributed by atoms with E-state index in [1.54, 1.807) is 4.90 Å². The molecule has 2 aliphatic rings. The van der Waals surface area contributed by atoms with Crippen molar-refractivity contribution in [2.24, 2.45) is 11.8 Å². The van der Waals surface area contributed by atoms with Gasteiger partial charge in [-0.15, -0.1) is 0 Å². The van der Waals surface area contributed by atoms with Crippen molar-refractivity contribution in [3.63, 3.8) is 0 Å². The minimum absolute atomic E-state index is 0.00876. The number of nitrogens with zero attached hydrogens (tertiary/aromatic N) is 2. The molecule has 0 aromatic rings. The van der Waals surface area contributed by atoms with Crippen LogP contribution < -0.4 is 4.90 Å². The highest BCUT2D eigenvalue weighted by Gasteiger charge is 2.24. The lowest BCUT2D eigenvalue weighted by Crippen LogP contribution is -3.09. The average Bonchev–Trinajstić information content (AvgIpc) is 2.61. The number of likely N-dealkylation sites (N-methyl/N-ethyl adjacent to an activating group) is 1. The summed E-state index contributed by atoms with van der Waals surface area (Å²) in [5.41, 5.74) is 0. The zero-order valence-corrected chi connectivity index (χ0v) is 16.8. The van der Waals surface area contributed by atoms with Gasteiger partial charge in [-0.1, -0.05) is 6.92 Å². The highest BCUT2D eigenvalue weighted by atomic mass is 16.5. The van der Waals surface area contributed by atoms with E-state index >= 15 is 0 Å². The summed E-state index contributed by atoms with van der Waals surface area (Å²) in [5.74, 6) is 1.06. The number of quaternary nitrogens is 1. The van der Waals surface area contributed by atoms with Gasteiger partial charge in [-0.2, -0.15) is 0 Å². The van der Waals surface area contributed by atoms with Crippen molar-refractivity contribution in [1.29, 1.82) is 0 Å². The van der Waals surface area contributed by atoms with E-state index in [0.717, 1.165) is 13.0 Å². The summed E-state index contributed by atoms with van der Waals surface area (Å²) in [6.07, 6.45) is 5.48. The van der Waals surface area contributed by atoms with Gasteiger partial charge in [0.25, 0.3) is 0 Å². The number of hydrogen-bond donors (Lipinski definition) is 1. The lowest BCUT2D eigenvalue weighted by Gasteiger charge is -2.30. The minimum atomic E-state index is -0.00876. The van der Waals surface area contributed by atoms with Crippen LogP contribution in [0.1, 0.15) is 46.0 Å². The molecule has 0 radical (unpaired) electrons. The normalized spacial score (nSPS) is 35.6. The molecule has 2 aliphatic heterocycles. The van der Waals surface area contributed by atoms with E-state index in [1.165, 1.54) is 65.1 Å². The topological polar surface area (TPSA) is 37.2 Å². The number of hydrogen-bond acceptors (Lipinski definition) is 4. The molecule has 2 rings (SSSR count). The highest BCUT2D eigenvalue weighted by Crippen LogP contribution is 2.26. The van der Waals surface area contributed by atoms with Crippen molar-refractivity contribution < 1.29 is 14.4 Å². The second kappa shape index (κ2) is 11.1. The summed E-state index contributed by atoms with van der Waals surface area (Å²) in [4.78, 5) is 19.0. The molecule has 0 aromatic heterocycles. The largest absolute Gasteiger partial charge is 0.466 e. The van der Waals surface area contributed by atoms with Crippen molar-refractivity contribution in [2.45, 2.75) is 46.0 Å². The molecule has 5 nitrogen and oxygen atoms in total. The summed E-state index contributed by atoms with van der Waals surface area (Å²) >= 11 is 0. The van der Waals surface area contributed by atoms with Crippen LogP contribution in [0.4, 0.5) is 0 Å². The third-order valence-electron chi connectivity index (χ3n) is 6.15.